The summed E-state index contributed by atoms with van der Waals surface area (Å²) < 4.78 is 18.0. The van der Waals surface area contributed by atoms with Crippen LogP contribution in [0.4, 0.5) is 4.39 Å². The maximum atomic E-state index is 12.9. The Balaban J connectivity index is 1.07. The Morgan fingerprint density at radius 2 is 2.09 bits per heavy atom. The number of nitrogens with one attached hydrogen (secondary N) is 1. The fraction of sp³-hybridized carbons (Fsp3) is 0.444. The van der Waals surface area contributed by atoms with Gasteiger partial charge in [0.2, 0.25) is 0 Å². The Bertz CT molecular complexity index is 1200. The van der Waals surface area contributed by atoms with Crippen molar-refractivity contribution in [2.45, 2.75) is 51.1 Å². The molecule has 1 fully saturated rings. The number of fused-ring (bicyclic) bond motifs is 2. The van der Waals surface area contributed by atoms with Gasteiger partial charge in [0.05, 0.1) is 11.2 Å². The zero-order valence-corrected chi connectivity index (χ0v) is 20.7. The van der Waals surface area contributed by atoms with Crippen LogP contribution in [0.5, 0.6) is 5.19 Å². The van der Waals surface area contributed by atoms with Crippen molar-refractivity contribution >= 4 is 28.1 Å². The highest BCUT2D eigenvalue weighted by Gasteiger charge is 2.26. The van der Waals surface area contributed by atoms with E-state index in [1.807, 2.05) is 30.3 Å². The fourth-order valence-corrected chi connectivity index (χ4v) is 6.09. The second-order valence-electron chi connectivity index (χ2n) is 9.51. The minimum absolute atomic E-state index is 0.00197. The van der Waals surface area contributed by atoms with Gasteiger partial charge < -0.3 is 10.1 Å². The van der Waals surface area contributed by atoms with E-state index in [2.05, 4.69) is 26.8 Å². The molecule has 1 amide bonds. The molecule has 1 aliphatic carbocycles. The van der Waals surface area contributed by atoms with Crippen LogP contribution in [0, 0.1) is 5.92 Å². The maximum absolute atomic E-state index is 12.9. The molecule has 0 radical (unpaired) electrons. The molecule has 1 aromatic carbocycles. The van der Waals surface area contributed by atoms with Gasteiger partial charge in [0.1, 0.15) is 12.4 Å². The van der Waals surface area contributed by atoms with Crippen molar-refractivity contribution in [3.05, 3.63) is 65.0 Å². The van der Waals surface area contributed by atoms with Crippen molar-refractivity contribution < 1.29 is 13.9 Å². The number of hydrogen-bond donors (Lipinski definition) is 1. The molecule has 6 nitrogen and oxygen atoms in total. The largest absolute Gasteiger partial charge is 0.433 e. The molecule has 184 valence electrons. The summed E-state index contributed by atoms with van der Waals surface area (Å²) in [6.45, 7) is 5.75. The lowest BCUT2D eigenvalue weighted by Crippen LogP contribution is -2.38. The highest BCUT2D eigenvalue weighted by atomic mass is 32.1. The van der Waals surface area contributed by atoms with Crippen LogP contribution < -0.4 is 10.1 Å². The highest BCUT2D eigenvalue weighted by Crippen LogP contribution is 2.32. The van der Waals surface area contributed by atoms with Gasteiger partial charge in [0.25, 0.3) is 11.1 Å². The highest BCUT2D eigenvalue weighted by molar-refractivity contribution is 7.13. The SMILES string of the molecule is C=C(CF)Oc1nc2c(s1)CCN(CC[C@H]1CC[C@H](NC(=O)c3cccc4ncccc34)CC1)C2. The van der Waals surface area contributed by atoms with Crippen molar-refractivity contribution in [3.63, 3.8) is 0 Å². The van der Waals surface area contributed by atoms with Crippen LogP contribution in [0.3, 0.4) is 0 Å². The quantitative estimate of drug-likeness (QED) is 0.431. The summed E-state index contributed by atoms with van der Waals surface area (Å²) in [6.07, 6.45) is 8.20. The average Bonchev–Trinajstić information content (AvgIpc) is 3.29. The number of alkyl halides is 1. The van der Waals surface area contributed by atoms with Crippen molar-refractivity contribution in [3.8, 4) is 5.19 Å². The number of allylic oxidation sites excluding steroid dienone is 1. The van der Waals surface area contributed by atoms with Crippen LogP contribution in [-0.4, -0.2) is 46.6 Å². The molecule has 1 aliphatic heterocycles. The Morgan fingerprint density at radius 1 is 1.23 bits per heavy atom. The summed E-state index contributed by atoms with van der Waals surface area (Å²) in [5.41, 5.74) is 2.60. The molecule has 0 unspecified atom stereocenters. The molecule has 35 heavy (non-hydrogen) atoms. The van der Waals surface area contributed by atoms with Crippen molar-refractivity contribution in [2.75, 3.05) is 19.8 Å². The van der Waals surface area contributed by atoms with Crippen LogP contribution in [-0.2, 0) is 13.0 Å². The van der Waals surface area contributed by atoms with Gasteiger partial charge in [-0.3, -0.25) is 14.7 Å². The van der Waals surface area contributed by atoms with Gasteiger partial charge in [0.15, 0.2) is 0 Å². The Hall–Kier alpha value is -2.84. The number of hydrogen-bond acceptors (Lipinski definition) is 6. The molecule has 0 saturated heterocycles. The van der Waals surface area contributed by atoms with Gasteiger partial charge in [-0.15, -0.1) is 0 Å². The molecule has 0 atom stereocenters. The van der Waals surface area contributed by atoms with Crippen LogP contribution >= 0.6 is 11.3 Å². The molecule has 3 aromatic rings. The fourth-order valence-electron chi connectivity index (χ4n) is 5.14. The summed E-state index contributed by atoms with van der Waals surface area (Å²) in [7, 11) is 0. The zero-order chi connectivity index (χ0) is 24.2. The van der Waals surface area contributed by atoms with Gasteiger partial charge in [0, 0.05) is 41.2 Å². The molecule has 2 aliphatic rings. The van der Waals surface area contributed by atoms with E-state index in [0.717, 1.165) is 74.8 Å². The van der Waals surface area contributed by atoms with Gasteiger partial charge in [-0.2, -0.15) is 0 Å². The van der Waals surface area contributed by atoms with E-state index in [1.54, 1.807) is 6.20 Å². The summed E-state index contributed by atoms with van der Waals surface area (Å²) in [5.74, 6) is 0.792. The van der Waals surface area contributed by atoms with Crippen LogP contribution in [0.25, 0.3) is 10.9 Å². The number of halogens is 1. The molecule has 0 bridgehead atoms. The summed E-state index contributed by atoms with van der Waals surface area (Å²) in [5, 5.41) is 4.66. The second-order valence-corrected chi connectivity index (χ2v) is 10.6. The standard InChI is InChI=1S/C27H31FN4O2S/c1-18(16-28)34-27-31-24-17-32(15-12-25(24)35-27)14-11-19-7-9-20(10-8-19)30-26(33)22-4-2-6-23-21(22)5-3-13-29-23/h2-6,13,19-20H,1,7-12,14-17H2,(H,30,33)/t19-,20-. The number of nitrogens with zero attached hydrogens (tertiary/aromatic N) is 3. The van der Waals surface area contributed by atoms with Crippen LogP contribution in [0.1, 0.15) is 53.0 Å². The lowest BCUT2D eigenvalue weighted by atomic mass is 9.84. The number of pyridine rings is 1. The predicted molar refractivity (Wildman–Crippen MR) is 136 cm³/mol. The molecular weight excluding hydrogens is 463 g/mol. The third-order valence-electron chi connectivity index (χ3n) is 7.09. The maximum Gasteiger partial charge on any atom is 0.278 e. The number of ether oxygens (including phenoxy) is 1. The van der Waals surface area contributed by atoms with Crippen molar-refractivity contribution in [1.29, 1.82) is 0 Å². The first-order chi connectivity index (χ1) is 17.1. The van der Waals surface area contributed by atoms with E-state index in [-0.39, 0.29) is 17.7 Å². The Labute approximate surface area is 209 Å². The lowest BCUT2D eigenvalue weighted by Gasteiger charge is -2.32. The van der Waals surface area contributed by atoms with Crippen molar-refractivity contribution in [2.24, 2.45) is 5.92 Å². The molecule has 3 heterocycles. The summed E-state index contributed by atoms with van der Waals surface area (Å²) in [6, 6.07) is 9.77. The number of benzene rings is 1. The number of carbonyl (C=O) groups excluding carboxylic acids is 1. The van der Waals surface area contributed by atoms with E-state index in [0.29, 0.717) is 16.7 Å². The molecule has 1 saturated carbocycles. The van der Waals surface area contributed by atoms with E-state index in [1.165, 1.54) is 16.2 Å². The topological polar surface area (TPSA) is 67.3 Å². The van der Waals surface area contributed by atoms with Gasteiger partial charge in [-0.25, -0.2) is 9.37 Å². The van der Waals surface area contributed by atoms with Crippen LogP contribution in [0.2, 0.25) is 0 Å². The summed E-state index contributed by atoms with van der Waals surface area (Å²) >= 11 is 1.51. The first-order valence-electron chi connectivity index (χ1n) is 12.4. The third kappa shape index (κ3) is 5.70. The van der Waals surface area contributed by atoms with E-state index in [9.17, 15) is 9.18 Å². The van der Waals surface area contributed by atoms with E-state index < -0.39 is 6.67 Å². The monoisotopic (exact) mass is 494 g/mol. The first-order valence-corrected chi connectivity index (χ1v) is 13.2. The molecule has 2 aromatic heterocycles. The molecule has 0 spiro atoms. The first kappa shape index (κ1) is 23.9. The van der Waals surface area contributed by atoms with Gasteiger partial charge >= 0.3 is 0 Å². The van der Waals surface area contributed by atoms with Crippen molar-refractivity contribution in [1.82, 2.24) is 20.2 Å². The summed E-state index contributed by atoms with van der Waals surface area (Å²) in [4.78, 5) is 25.5. The smallest absolute Gasteiger partial charge is 0.278 e. The third-order valence-corrected chi connectivity index (χ3v) is 8.13. The average molecular weight is 495 g/mol. The Kier molecular flexibility index (Phi) is 7.39. The van der Waals surface area contributed by atoms with Crippen LogP contribution in [0.15, 0.2) is 48.9 Å². The molecular formula is C27H31FN4O2S. The Morgan fingerprint density at radius 3 is 2.91 bits per heavy atom. The number of thiazole rings is 1. The van der Waals surface area contributed by atoms with E-state index in [4.69, 9.17) is 4.74 Å². The van der Waals surface area contributed by atoms with E-state index >= 15 is 0 Å². The number of carbonyl (C=O) groups is 1. The zero-order valence-electron chi connectivity index (χ0n) is 19.8. The number of amides is 1. The second kappa shape index (κ2) is 10.8. The molecule has 8 heteroatoms. The van der Waals surface area contributed by atoms with Gasteiger partial charge in [-0.05, 0) is 69.2 Å². The molecule has 1 N–H and O–H groups in total. The molecule has 5 rings (SSSR count). The lowest BCUT2D eigenvalue weighted by molar-refractivity contribution is 0.0921. The van der Waals surface area contributed by atoms with Gasteiger partial charge in [-0.1, -0.05) is 30.0 Å². The minimum Gasteiger partial charge on any atom is -0.433 e. The number of rotatable bonds is 8. The normalized spacial score (nSPS) is 20.4. The number of aromatic nitrogens is 2. The minimum atomic E-state index is -0.692. The predicted octanol–water partition coefficient (Wildman–Crippen LogP) is 5.29.